The molecule has 2 aromatic heterocycles. The summed E-state index contributed by atoms with van der Waals surface area (Å²) < 4.78 is 20.6. The fourth-order valence-electron chi connectivity index (χ4n) is 6.41. The van der Waals surface area contributed by atoms with E-state index in [1.54, 1.807) is 47.5 Å². The second-order valence-electron chi connectivity index (χ2n) is 11.5. The summed E-state index contributed by atoms with van der Waals surface area (Å²) in [6.45, 7) is 3.49. The van der Waals surface area contributed by atoms with Gasteiger partial charge in [-0.2, -0.15) is 0 Å². The Morgan fingerprint density at radius 2 is 1.75 bits per heavy atom. The van der Waals surface area contributed by atoms with E-state index >= 15 is 4.39 Å². The third kappa shape index (κ3) is 4.91. The molecule has 3 aliphatic rings. The summed E-state index contributed by atoms with van der Waals surface area (Å²) in [5.41, 5.74) is 8.80. The van der Waals surface area contributed by atoms with E-state index in [1.165, 1.54) is 0 Å². The van der Waals surface area contributed by atoms with Gasteiger partial charge in [0.2, 0.25) is 0 Å². The fourth-order valence-corrected chi connectivity index (χ4v) is 7.53. The molecule has 224 valence electrons. The number of hydrogen-bond donors (Lipinski definition) is 2. The number of nitrogens with one attached hydrogen (secondary N) is 1. The number of carbonyl (C=O) groups excluding carboxylic acids is 3. The molecule has 2 saturated heterocycles. The maximum absolute atomic E-state index is 15.1. The Labute approximate surface area is 257 Å². The Bertz CT molecular complexity index is 1780. The van der Waals surface area contributed by atoms with Crippen LogP contribution in [0.4, 0.5) is 21.6 Å². The highest BCUT2D eigenvalue weighted by Gasteiger charge is 2.45. The number of fused-ring (bicyclic) bond motifs is 3. The molecule has 0 saturated carbocycles. The highest BCUT2D eigenvalue weighted by atomic mass is 32.1. The highest BCUT2D eigenvalue weighted by Crippen LogP contribution is 2.44. The normalized spacial score (nSPS) is 16.8. The molecule has 5 heterocycles. The maximum Gasteiger partial charge on any atom is 0.261 e. The van der Waals surface area contributed by atoms with Crippen LogP contribution in [0.2, 0.25) is 0 Å². The summed E-state index contributed by atoms with van der Waals surface area (Å²) in [5, 5.41) is 2.94. The largest absolute Gasteiger partial charge is 0.381 e. The zero-order valence-electron chi connectivity index (χ0n) is 23.8. The van der Waals surface area contributed by atoms with Crippen molar-refractivity contribution in [1.29, 1.82) is 0 Å². The van der Waals surface area contributed by atoms with Crippen molar-refractivity contribution in [3.63, 3.8) is 0 Å². The van der Waals surface area contributed by atoms with Gasteiger partial charge in [0.1, 0.15) is 10.7 Å². The van der Waals surface area contributed by atoms with Crippen molar-refractivity contribution in [1.82, 2.24) is 4.98 Å². The first-order valence-electron chi connectivity index (χ1n) is 14.5. The minimum atomic E-state index is -0.804. The molecule has 3 aliphatic heterocycles. The van der Waals surface area contributed by atoms with Crippen molar-refractivity contribution in [3.8, 4) is 10.4 Å². The van der Waals surface area contributed by atoms with Crippen LogP contribution in [0, 0.1) is 11.2 Å². The van der Waals surface area contributed by atoms with Crippen molar-refractivity contribution in [3.05, 3.63) is 94.2 Å². The minimum absolute atomic E-state index is 0.103. The number of thiophene rings is 1. The van der Waals surface area contributed by atoms with Gasteiger partial charge in [-0.15, -0.1) is 11.3 Å². The molecule has 1 spiro atoms. The van der Waals surface area contributed by atoms with Gasteiger partial charge in [-0.3, -0.25) is 14.4 Å². The van der Waals surface area contributed by atoms with E-state index in [4.69, 9.17) is 10.5 Å². The van der Waals surface area contributed by atoms with Gasteiger partial charge in [0.25, 0.3) is 17.7 Å². The second kappa shape index (κ2) is 11.1. The molecule has 0 atom stereocenters. The lowest BCUT2D eigenvalue weighted by Gasteiger charge is -2.53. The van der Waals surface area contributed by atoms with Gasteiger partial charge in [0, 0.05) is 71.7 Å². The average molecular weight is 612 g/mol. The number of primary amides is 1. The zero-order valence-corrected chi connectivity index (χ0v) is 24.7. The third-order valence-electron chi connectivity index (χ3n) is 8.76. The quantitative estimate of drug-likeness (QED) is 0.324. The van der Waals surface area contributed by atoms with Crippen LogP contribution in [0.25, 0.3) is 10.4 Å². The lowest BCUT2D eigenvalue weighted by Crippen LogP contribution is -2.59. The van der Waals surface area contributed by atoms with Crippen molar-refractivity contribution < 1.29 is 23.5 Å². The molecular formula is C33H30FN5O4S. The monoisotopic (exact) mass is 611 g/mol. The number of hydrogen-bond acceptors (Lipinski definition) is 7. The molecule has 0 unspecified atom stereocenters. The number of amides is 3. The van der Waals surface area contributed by atoms with E-state index in [1.807, 2.05) is 24.3 Å². The van der Waals surface area contributed by atoms with Crippen LogP contribution in [-0.4, -0.2) is 55.6 Å². The maximum atomic E-state index is 15.1. The first-order valence-corrected chi connectivity index (χ1v) is 15.4. The summed E-state index contributed by atoms with van der Waals surface area (Å²) in [6, 6.07) is 17.5. The van der Waals surface area contributed by atoms with Crippen molar-refractivity contribution in [2.75, 3.05) is 48.0 Å². The van der Waals surface area contributed by atoms with Gasteiger partial charge in [-0.1, -0.05) is 18.2 Å². The third-order valence-corrected chi connectivity index (χ3v) is 10.0. The number of nitrogens with zero attached hydrogens (tertiary/aromatic N) is 3. The molecule has 0 bridgehead atoms. The molecular weight excluding hydrogens is 581 g/mol. The molecule has 4 aromatic rings. The first kappa shape index (κ1) is 28.2. The Kier molecular flexibility index (Phi) is 7.14. The SMILES string of the molecule is NC(=O)c1sc2c(c1F)CCN(C(=O)c1ccc(NC(=O)c3cccnc3N3CC4(CCOCC4)C3)cc1)c1ccccc1-2. The van der Waals surface area contributed by atoms with E-state index in [0.29, 0.717) is 44.3 Å². The van der Waals surface area contributed by atoms with E-state index in [2.05, 4.69) is 15.2 Å². The van der Waals surface area contributed by atoms with Gasteiger partial charge in [-0.05, 0) is 61.7 Å². The average Bonchev–Trinajstić information content (AvgIpc) is 3.27. The first-order chi connectivity index (χ1) is 21.3. The summed E-state index contributed by atoms with van der Waals surface area (Å²) in [7, 11) is 0. The van der Waals surface area contributed by atoms with Crippen LogP contribution in [0.15, 0.2) is 66.9 Å². The Morgan fingerprint density at radius 1 is 1.00 bits per heavy atom. The molecule has 11 heteroatoms. The molecule has 2 fully saturated rings. The zero-order chi connectivity index (χ0) is 30.4. The highest BCUT2D eigenvalue weighted by molar-refractivity contribution is 7.17. The van der Waals surface area contributed by atoms with Crippen LogP contribution < -0.4 is 20.9 Å². The van der Waals surface area contributed by atoms with E-state index in [0.717, 1.165) is 50.5 Å². The van der Waals surface area contributed by atoms with Gasteiger partial charge in [0.05, 0.1) is 11.3 Å². The molecule has 44 heavy (non-hydrogen) atoms. The van der Waals surface area contributed by atoms with Gasteiger partial charge < -0.3 is 25.6 Å². The van der Waals surface area contributed by atoms with Crippen molar-refractivity contribution in [2.45, 2.75) is 19.3 Å². The number of nitrogens with two attached hydrogens (primary N) is 1. The Hall–Kier alpha value is -4.61. The summed E-state index contributed by atoms with van der Waals surface area (Å²) in [6.07, 6.45) is 3.98. The van der Waals surface area contributed by atoms with Crippen LogP contribution in [-0.2, 0) is 11.2 Å². The molecule has 3 N–H and O–H groups in total. The predicted molar refractivity (Wildman–Crippen MR) is 167 cm³/mol. The lowest BCUT2D eigenvalue weighted by molar-refractivity contribution is -0.000510. The molecule has 0 aliphatic carbocycles. The predicted octanol–water partition coefficient (Wildman–Crippen LogP) is 5.12. The smallest absolute Gasteiger partial charge is 0.261 e. The number of rotatable bonds is 5. The lowest BCUT2D eigenvalue weighted by atomic mass is 9.73. The van der Waals surface area contributed by atoms with Crippen LogP contribution in [0.5, 0.6) is 0 Å². The molecule has 2 aromatic carbocycles. The van der Waals surface area contributed by atoms with Crippen LogP contribution in [0.3, 0.4) is 0 Å². The molecule has 0 radical (unpaired) electrons. The van der Waals surface area contributed by atoms with Gasteiger partial charge in [-0.25, -0.2) is 9.37 Å². The standard InChI is InChI=1S/C33H30FN5O4S/c34-26-23-11-15-39(25-6-2-1-4-22(25)27(23)44-28(26)29(35)40)32(42)20-7-9-21(10-8-20)37-31(41)24-5-3-14-36-30(24)38-18-33(19-38)12-16-43-17-13-33/h1-10,14H,11-13,15-19H2,(H2,35,40)(H,37,41). The summed E-state index contributed by atoms with van der Waals surface area (Å²) >= 11 is 1.01. The topological polar surface area (TPSA) is 118 Å². The summed E-state index contributed by atoms with van der Waals surface area (Å²) in [5.74, 6) is -1.28. The number of aromatic nitrogens is 1. The van der Waals surface area contributed by atoms with Crippen LogP contribution >= 0.6 is 11.3 Å². The Balaban J connectivity index is 1.07. The van der Waals surface area contributed by atoms with Gasteiger partial charge in [0.15, 0.2) is 5.82 Å². The van der Waals surface area contributed by atoms with Crippen LogP contribution in [0.1, 0.15) is 48.8 Å². The number of ether oxygens (including phenoxy) is 1. The molecule has 7 rings (SSSR count). The number of benzene rings is 2. The number of para-hydroxylation sites is 1. The van der Waals surface area contributed by atoms with E-state index < -0.39 is 11.7 Å². The minimum Gasteiger partial charge on any atom is -0.381 e. The van der Waals surface area contributed by atoms with E-state index in [9.17, 15) is 14.4 Å². The van der Waals surface area contributed by atoms with E-state index in [-0.39, 0.29) is 35.1 Å². The molecule has 9 nitrogen and oxygen atoms in total. The second-order valence-corrected chi connectivity index (χ2v) is 12.5. The van der Waals surface area contributed by atoms with Crippen molar-refractivity contribution in [2.24, 2.45) is 11.1 Å². The number of carbonyl (C=O) groups is 3. The van der Waals surface area contributed by atoms with Crippen molar-refractivity contribution >= 4 is 46.3 Å². The Morgan fingerprint density at radius 3 is 2.50 bits per heavy atom. The fraction of sp³-hybridized carbons (Fsp3) is 0.273. The number of pyridine rings is 1. The molecule has 3 amide bonds. The number of halogens is 1. The number of anilines is 3. The van der Waals surface area contributed by atoms with Gasteiger partial charge >= 0.3 is 0 Å². The summed E-state index contributed by atoms with van der Waals surface area (Å²) in [4.78, 5) is 47.7.